The molecule has 0 spiro atoms. The van der Waals surface area contributed by atoms with Gasteiger partial charge in [-0.15, -0.1) is 0 Å². The fourth-order valence-electron chi connectivity index (χ4n) is 3.06. The third kappa shape index (κ3) is 2.99. The fraction of sp³-hybridized carbons (Fsp3) is 0.400. The van der Waals surface area contributed by atoms with Crippen molar-refractivity contribution in [1.82, 2.24) is 0 Å². The van der Waals surface area contributed by atoms with Crippen LogP contribution in [0, 0.1) is 0 Å². The Labute approximate surface area is 147 Å². The molecule has 0 N–H and O–H groups in total. The Hall–Kier alpha value is -1.36. The largest absolute Gasteiger partial charge is 0.494 e. The van der Waals surface area contributed by atoms with Gasteiger partial charge in [0, 0.05) is 0 Å². The molecule has 0 aliphatic carbocycles. The van der Waals surface area contributed by atoms with Gasteiger partial charge in [0.25, 0.3) is 0 Å². The van der Waals surface area contributed by atoms with Gasteiger partial charge in [-0.05, 0) is 33.2 Å². The van der Waals surface area contributed by atoms with Gasteiger partial charge in [-0.2, -0.15) is 0 Å². The molecule has 1 aliphatic heterocycles. The summed E-state index contributed by atoms with van der Waals surface area (Å²) in [6.07, 6.45) is 0. The van der Waals surface area contributed by atoms with E-state index in [1.165, 1.54) is 10.4 Å². The van der Waals surface area contributed by atoms with Crippen LogP contribution >= 0.6 is 0 Å². The Morgan fingerprint density at radius 3 is 1.67 bits per heavy atom. The lowest BCUT2D eigenvalue weighted by atomic mass is 9.79. The molecule has 126 valence electrons. The minimum absolute atomic E-state index is 0.287. The van der Waals surface area contributed by atoms with Gasteiger partial charge in [-0.1, -0.05) is 78.1 Å². The zero-order chi connectivity index (χ0) is 17.6. The molecule has 2 nitrogen and oxygen atoms in total. The van der Waals surface area contributed by atoms with Crippen molar-refractivity contribution in [2.24, 2.45) is 0 Å². The van der Waals surface area contributed by atoms with Gasteiger partial charge in [0.2, 0.25) is 0 Å². The highest BCUT2D eigenvalue weighted by Crippen LogP contribution is 2.36. The average molecular weight is 338 g/mol. The van der Waals surface area contributed by atoms with E-state index in [4.69, 9.17) is 9.31 Å². The van der Waals surface area contributed by atoms with E-state index in [1.807, 2.05) is 0 Å². The molecule has 0 unspecified atom stereocenters. The molecule has 2 aromatic carbocycles. The predicted molar refractivity (Wildman–Crippen MR) is 105 cm³/mol. The van der Waals surface area contributed by atoms with E-state index in [0.29, 0.717) is 0 Å². The summed E-state index contributed by atoms with van der Waals surface area (Å²) in [6.45, 7) is 13.2. The van der Waals surface area contributed by atoms with Crippen LogP contribution in [0.4, 0.5) is 0 Å². The van der Waals surface area contributed by atoms with E-state index >= 15 is 0 Å². The van der Waals surface area contributed by atoms with Crippen LogP contribution in [0.15, 0.2) is 54.6 Å². The molecule has 0 amide bonds. The van der Waals surface area contributed by atoms with Crippen LogP contribution in [0.1, 0.15) is 27.7 Å². The van der Waals surface area contributed by atoms with Crippen molar-refractivity contribution >= 4 is 31.0 Å². The lowest BCUT2D eigenvalue weighted by Crippen LogP contribution is -2.53. The van der Waals surface area contributed by atoms with Crippen molar-refractivity contribution in [2.75, 3.05) is 0 Å². The molecule has 3 rings (SSSR count). The highest BCUT2D eigenvalue weighted by Gasteiger charge is 2.51. The molecule has 0 atom stereocenters. The lowest BCUT2D eigenvalue weighted by Gasteiger charge is -2.32. The van der Waals surface area contributed by atoms with Gasteiger partial charge in [-0.25, -0.2) is 0 Å². The molecule has 0 aromatic heterocycles. The zero-order valence-electron chi connectivity index (χ0n) is 15.6. The van der Waals surface area contributed by atoms with Crippen molar-refractivity contribution in [1.29, 1.82) is 0 Å². The highest BCUT2D eigenvalue weighted by atomic mass is 28.3. The summed E-state index contributed by atoms with van der Waals surface area (Å²) in [5, 5.41) is 2.88. The van der Waals surface area contributed by atoms with Crippen LogP contribution in [0.2, 0.25) is 13.1 Å². The molecule has 1 fully saturated rings. The van der Waals surface area contributed by atoms with Crippen molar-refractivity contribution in [3.8, 4) is 0 Å². The zero-order valence-corrected chi connectivity index (χ0v) is 16.6. The van der Waals surface area contributed by atoms with E-state index in [9.17, 15) is 0 Å². The minimum atomic E-state index is -1.66. The third-order valence-corrected chi connectivity index (χ3v) is 9.21. The van der Waals surface area contributed by atoms with Crippen LogP contribution in [0.5, 0.6) is 0 Å². The fourth-order valence-corrected chi connectivity index (χ4v) is 5.42. The number of rotatable bonds is 3. The van der Waals surface area contributed by atoms with E-state index in [1.54, 1.807) is 0 Å². The van der Waals surface area contributed by atoms with E-state index in [2.05, 4.69) is 95.4 Å². The Morgan fingerprint density at radius 1 is 0.708 bits per heavy atom. The first-order valence-electron chi connectivity index (χ1n) is 8.65. The van der Waals surface area contributed by atoms with Crippen LogP contribution in [0.25, 0.3) is 0 Å². The summed E-state index contributed by atoms with van der Waals surface area (Å²) in [5.74, 6) is 0. The summed E-state index contributed by atoms with van der Waals surface area (Å²) in [7, 11) is -1.94. The Kier molecular flexibility index (Phi) is 4.27. The first kappa shape index (κ1) is 17.5. The smallest absolute Gasteiger partial charge is 0.399 e. The first-order valence-corrected chi connectivity index (χ1v) is 11.7. The number of benzene rings is 2. The van der Waals surface area contributed by atoms with E-state index in [0.717, 1.165) is 5.46 Å². The maximum Gasteiger partial charge on any atom is 0.494 e. The molecular formula is C20H27BO2Si. The summed E-state index contributed by atoms with van der Waals surface area (Å²) in [6, 6.07) is 19.6. The van der Waals surface area contributed by atoms with Crippen LogP contribution in [-0.2, 0) is 9.31 Å². The van der Waals surface area contributed by atoms with Crippen LogP contribution < -0.4 is 15.8 Å². The second-order valence-electron chi connectivity index (χ2n) is 8.20. The number of hydrogen-bond acceptors (Lipinski definition) is 2. The second kappa shape index (κ2) is 5.87. The summed E-state index contributed by atoms with van der Waals surface area (Å²) >= 11 is 0. The minimum Gasteiger partial charge on any atom is -0.399 e. The quantitative estimate of drug-likeness (QED) is 0.802. The Balaban J connectivity index is 1.85. The normalized spacial score (nSPS) is 19.5. The van der Waals surface area contributed by atoms with Crippen molar-refractivity contribution in [2.45, 2.75) is 52.0 Å². The monoisotopic (exact) mass is 338 g/mol. The van der Waals surface area contributed by atoms with E-state index < -0.39 is 8.07 Å². The van der Waals surface area contributed by atoms with Crippen molar-refractivity contribution in [3.63, 3.8) is 0 Å². The molecule has 1 heterocycles. The van der Waals surface area contributed by atoms with Gasteiger partial charge < -0.3 is 9.31 Å². The molecule has 2 aromatic rings. The topological polar surface area (TPSA) is 18.5 Å². The lowest BCUT2D eigenvalue weighted by molar-refractivity contribution is 0.00578. The van der Waals surface area contributed by atoms with Gasteiger partial charge >= 0.3 is 7.12 Å². The van der Waals surface area contributed by atoms with Crippen molar-refractivity contribution in [3.05, 3.63) is 54.6 Å². The molecular weight excluding hydrogens is 311 g/mol. The maximum absolute atomic E-state index is 6.15. The van der Waals surface area contributed by atoms with Crippen molar-refractivity contribution < 1.29 is 9.31 Å². The van der Waals surface area contributed by atoms with Gasteiger partial charge in [0.15, 0.2) is 0 Å². The van der Waals surface area contributed by atoms with Gasteiger partial charge in [-0.3, -0.25) is 0 Å². The number of hydrogen-bond donors (Lipinski definition) is 0. The molecule has 0 bridgehead atoms. The summed E-state index contributed by atoms with van der Waals surface area (Å²) in [5.41, 5.74) is 0.498. The molecule has 1 aliphatic rings. The summed E-state index contributed by atoms with van der Waals surface area (Å²) < 4.78 is 12.3. The van der Waals surface area contributed by atoms with Crippen LogP contribution in [0.3, 0.4) is 0 Å². The Morgan fingerprint density at radius 2 is 1.17 bits per heavy atom. The molecule has 1 saturated heterocycles. The molecule has 4 heteroatoms. The first-order chi connectivity index (χ1) is 11.1. The summed E-state index contributed by atoms with van der Waals surface area (Å²) in [4.78, 5) is 0. The Bertz CT molecular complexity index is 692. The third-order valence-electron chi connectivity index (χ3n) is 5.65. The highest BCUT2D eigenvalue weighted by molar-refractivity contribution is 7.00. The standard InChI is InChI=1S/C20H27BO2Si/c1-19(2)20(3,4)23-21(22-19)16-12-14-18(15-13-16)24(5,6)17-10-8-7-9-11-17/h7-15H,1-6H3. The molecule has 0 saturated carbocycles. The van der Waals surface area contributed by atoms with Gasteiger partial charge in [0.1, 0.15) is 8.07 Å². The second-order valence-corrected chi connectivity index (χ2v) is 12.6. The van der Waals surface area contributed by atoms with Gasteiger partial charge in [0.05, 0.1) is 11.2 Å². The molecule has 0 radical (unpaired) electrons. The average Bonchev–Trinajstić information content (AvgIpc) is 2.76. The SMILES string of the molecule is CC1(C)OB(c2ccc([Si](C)(C)c3ccccc3)cc2)OC1(C)C. The van der Waals surface area contributed by atoms with E-state index in [-0.39, 0.29) is 18.3 Å². The molecule has 24 heavy (non-hydrogen) atoms. The predicted octanol–water partition coefficient (Wildman–Crippen LogP) is 2.81. The maximum atomic E-state index is 6.15. The van der Waals surface area contributed by atoms with Crippen LogP contribution in [-0.4, -0.2) is 26.4 Å².